The first-order chi connectivity index (χ1) is 8.57. The summed E-state index contributed by atoms with van der Waals surface area (Å²) in [6.07, 6.45) is 1.85. The second kappa shape index (κ2) is 3.87. The van der Waals surface area contributed by atoms with E-state index in [-0.39, 0.29) is 5.41 Å². The SMILES string of the molecule is CC(C)(C)c1ccnc2c3c(ccc12)OCCO3. The minimum Gasteiger partial charge on any atom is -0.486 e. The molecule has 18 heavy (non-hydrogen) atoms. The van der Waals surface area contributed by atoms with Gasteiger partial charge in [0.05, 0.1) is 0 Å². The molecule has 0 spiro atoms. The molecule has 0 radical (unpaired) electrons. The van der Waals surface area contributed by atoms with Crippen molar-refractivity contribution in [1.29, 1.82) is 0 Å². The van der Waals surface area contributed by atoms with Gasteiger partial charge in [0.15, 0.2) is 11.5 Å². The minimum absolute atomic E-state index is 0.0882. The van der Waals surface area contributed by atoms with Crippen molar-refractivity contribution in [2.24, 2.45) is 0 Å². The summed E-state index contributed by atoms with van der Waals surface area (Å²) in [4.78, 5) is 4.46. The molecule has 0 N–H and O–H groups in total. The molecular formula is C15H17NO2. The van der Waals surface area contributed by atoms with Crippen molar-refractivity contribution in [2.75, 3.05) is 13.2 Å². The van der Waals surface area contributed by atoms with Gasteiger partial charge in [-0.2, -0.15) is 0 Å². The van der Waals surface area contributed by atoms with Crippen LogP contribution in [-0.2, 0) is 5.41 Å². The van der Waals surface area contributed by atoms with E-state index in [4.69, 9.17) is 9.47 Å². The van der Waals surface area contributed by atoms with E-state index < -0.39 is 0 Å². The zero-order chi connectivity index (χ0) is 12.8. The summed E-state index contributed by atoms with van der Waals surface area (Å²) in [6, 6.07) is 6.14. The molecule has 1 aromatic heterocycles. The molecule has 1 aliphatic heterocycles. The number of fused-ring (bicyclic) bond motifs is 3. The molecule has 0 fully saturated rings. The zero-order valence-electron chi connectivity index (χ0n) is 11.0. The van der Waals surface area contributed by atoms with E-state index in [2.05, 4.69) is 37.9 Å². The maximum absolute atomic E-state index is 5.72. The Hall–Kier alpha value is -1.77. The van der Waals surface area contributed by atoms with E-state index in [1.54, 1.807) is 0 Å². The maximum atomic E-state index is 5.72. The van der Waals surface area contributed by atoms with Crippen LogP contribution in [0, 0.1) is 0 Å². The van der Waals surface area contributed by atoms with E-state index in [1.165, 1.54) is 5.56 Å². The Bertz CT molecular complexity index is 599. The van der Waals surface area contributed by atoms with Crippen LogP contribution in [0.4, 0.5) is 0 Å². The number of nitrogens with zero attached hydrogens (tertiary/aromatic N) is 1. The van der Waals surface area contributed by atoms with Crippen molar-refractivity contribution < 1.29 is 9.47 Å². The standard InChI is InChI=1S/C15H17NO2/c1-15(2,3)11-6-7-16-13-10(11)4-5-12-14(13)18-9-8-17-12/h4-7H,8-9H2,1-3H3. The summed E-state index contributed by atoms with van der Waals surface area (Å²) < 4.78 is 11.3. The first-order valence-electron chi connectivity index (χ1n) is 6.25. The zero-order valence-corrected chi connectivity index (χ0v) is 11.0. The largest absolute Gasteiger partial charge is 0.486 e. The molecule has 0 atom stereocenters. The summed E-state index contributed by atoms with van der Waals surface area (Å²) in [7, 11) is 0. The van der Waals surface area contributed by atoms with Gasteiger partial charge in [-0.05, 0) is 29.2 Å². The highest BCUT2D eigenvalue weighted by molar-refractivity contribution is 5.90. The van der Waals surface area contributed by atoms with Gasteiger partial charge in [0.1, 0.15) is 18.7 Å². The van der Waals surface area contributed by atoms with Crippen LogP contribution in [0.2, 0.25) is 0 Å². The molecule has 0 saturated heterocycles. The molecule has 3 nitrogen and oxygen atoms in total. The van der Waals surface area contributed by atoms with Gasteiger partial charge >= 0.3 is 0 Å². The van der Waals surface area contributed by atoms with Crippen LogP contribution in [0.15, 0.2) is 24.4 Å². The van der Waals surface area contributed by atoms with E-state index in [0.29, 0.717) is 13.2 Å². The van der Waals surface area contributed by atoms with Crippen LogP contribution < -0.4 is 9.47 Å². The Kier molecular flexibility index (Phi) is 2.44. The number of benzene rings is 1. The maximum Gasteiger partial charge on any atom is 0.187 e. The third-order valence-electron chi connectivity index (χ3n) is 3.23. The van der Waals surface area contributed by atoms with Crippen molar-refractivity contribution >= 4 is 10.9 Å². The Balaban J connectivity index is 2.31. The molecule has 1 aliphatic rings. The summed E-state index contributed by atoms with van der Waals surface area (Å²) in [6.45, 7) is 7.82. The number of aromatic nitrogens is 1. The van der Waals surface area contributed by atoms with Crippen LogP contribution in [-0.4, -0.2) is 18.2 Å². The molecule has 0 amide bonds. The van der Waals surface area contributed by atoms with Crippen molar-refractivity contribution in [3.63, 3.8) is 0 Å². The lowest BCUT2D eigenvalue weighted by Crippen LogP contribution is -2.17. The molecule has 1 aromatic carbocycles. The summed E-state index contributed by atoms with van der Waals surface area (Å²) >= 11 is 0. The number of rotatable bonds is 0. The van der Waals surface area contributed by atoms with Crippen LogP contribution in [0.3, 0.4) is 0 Å². The lowest BCUT2D eigenvalue weighted by molar-refractivity contribution is 0.173. The van der Waals surface area contributed by atoms with Gasteiger partial charge in [0.2, 0.25) is 0 Å². The highest BCUT2D eigenvalue weighted by Gasteiger charge is 2.21. The van der Waals surface area contributed by atoms with Crippen LogP contribution in [0.1, 0.15) is 26.3 Å². The van der Waals surface area contributed by atoms with Crippen molar-refractivity contribution in [2.45, 2.75) is 26.2 Å². The summed E-state index contributed by atoms with van der Waals surface area (Å²) in [5, 5.41) is 1.15. The lowest BCUT2D eigenvalue weighted by atomic mass is 9.85. The van der Waals surface area contributed by atoms with Crippen LogP contribution in [0.25, 0.3) is 10.9 Å². The molecule has 0 aliphatic carbocycles. The van der Waals surface area contributed by atoms with Crippen molar-refractivity contribution in [3.05, 3.63) is 30.0 Å². The highest BCUT2D eigenvalue weighted by atomic mass is 16.6. The van der Waals surface area contributed by atoms with Gasteiger partial charge in [-0.1, -0.05) is 20.8 Å². The number of ether oxygens (including phenoxy) is 2. The van der Waals surface area contributed by atoms with E-state index in [9.17, 15) is 0 Å². The van der Waals surface area contributed by atoms with Gasteiger partial charge in [-0.15, -0.1) is 0 Å². The van der Waals surface area contributed by atoms with Gasteiger partial charge < -0.3 is 9.47 Å². The minimum atomic E-state index is 0.0882. The topological polar surface area (TPSA) is 31.4 Å². The molecule has 94 valence electrons. The Labute approximate surface area is 107 Å². The fourth-order valence-corrected chi connectivity index (χ4v) is 2.38. The fraction of sp³-hybridized carbons (Fsp3) is 0.400. The van der Waals surface area contributed by atoms with E-state index >= 15 is 0 Å². The second-order valence-electron chi connectivity index (χ2n) is 5.59. The summed E-state index contributed by atoms with van der Waals surface area (Å²) in [5.74, 6) is 1.58. The number of hydrogen-bond donors (Lipinski definition) is 0. The third kappa shape index (κ3) is 1.70. The highest BCUT2D eigenvalue weighted by Crippen LogP contribution is 2.39. The molecule has 0 saturated carbocycles. The van der Waals surface area contributed by atoms with E-state index in [1.807, 2.05) is 12.3 Å². The van der Waals surface area contributed by atoms with Crippen molar-refractivity contribution in [3.8, 4) is 11.5 Å². The van der Waals surface area contributed by atoms with E-state index in [0.717, 1.165) is 22.4 Å². The summed E-state index contributed by atoms with van der Waals surface area (Å²) in [5.41, 5.74) is 2.27. The Morgan fingerprint density at radius 3 is 2.61 bits per heavy atom. The normalized spacial score (nSPS) is 14.8. The first-order valence-corrected chi connectivity index (χ1v) is 6.25. The molecule has 0 bridgehead atoms. The van der Waals surface area contributed by atoms with Crippen LogP contribution >= 0.6 is 0 Å². The smallest absolute Gasteiger partial charge is 0.187 e. The van der Waals surface area contributed by atoms with Gasteiger partial charge in [-0.3, -0.25) is 4.98 Å². The first kappa shape index (κ1) is 11.3. The van der Waals surface area contributed by atoms with Gasteiger partial charge in [0.25, 0.3) is 0 Å². The molecule has 2 heterocycles. The average molecular weight is 243 g/mol. The molecule has 0 unspecified atom stereocenters. The molecular weight excluding hydrogens is 226 g/mol. The third-order valence-corrected chi connectivity index (χ3v) is 3.23. The van der Waals surface area contributed by atoms with Gasteiger partial charge in [0, 0.05) is 11.6 Å². The molecule has 3 rings (SSSR count). The quantitative estimate of drug-likeness (QED) is 0.711. The second-order valence-corrected chi connectivity index (χ2v) is 5.59. The predicted molar refractivity (Wildman–Crippen MR) is 71.4 cm³/mol. The predicted octanol–water partition coefficient (Wildman–Crippen LogP) is 3.30. The van der Waals surface area contributed by atoms with Gasteiger partial charge in [-0.25, -0.2) is 0 Å². The fourth-order valence-electron chi connectivity index (χ4n) is 2.38. The van der Waals surface area contributed by atoms with Crippen LogP contribution in [0.5, 0.6) is 11.5 Å². The monoisotopic (exact) mass is 243 g/mol. The average Bonchev–Trinajstić information content (AvgIpc) is 2.36. The molecule has 3 heteroatoms. The Morgan fingerprint density at radius 1 is 1.06 bits per heavy atom. The number of hydrogen-bond acceptors (Lipinski definition) is 3. The Morgan fingerprint density at radius 2 is 1.83 bits per heavy atom. The lowest BCUT2D eigenvalue weighted by Gasteiger charge is -2.24. The number of pyridine rings is 1. The van der Waals surface area contributed by atoms with Crippen molar-refractivity contribution in [1.82, 2.24) is 4.98 Å². The molecule has 2 aromatic rings.